The molecule has 0 radical (unpaired) electrons. The molecule has 1 aromatic rings. The van der Waals surface area contributed by atoms with Crippen molar-refractivity contribution in [1.82, 2.24) is 4.72 Å². The maximum Gasteiger partial charge on any atom is 0.240 e. The van der Waals surface area contributed by atoms with Gasteiger partial charge in [-0.15, -0.1) is 0 Å². The number of nitrogens with zero attached hydrogens (tertiary/aromatic N) is 1. The van der Waals surface area contributed by atoms with E-state index >= 15 is 0 Å². The topological polar surface area (TPSA) is 79.2 Å². The normalized spacial score (nSPS) is 12.9. The summed E-state index contributed by atoms with van der Waals surface area (Å²) in [5.74, 6) is 0. The molecule has 6 heteroatoms. The van der Waals surface area contributed by atoms with Crippen molar-refractivity contribution in [1.29, 1.82) is 5.26 Å². The van der Waals surface area contributed by atoms with Gasteiger partial charge in [-0.1, -0.05) is 13.0 Å². The fourth-order valence-electron chi connectivity index (χ4n) is 1.46. The van der Waals surface area contributed by atoms with E-state index in [1.807, 2.05) is 13.0 Å². The highest BCUT2D eigenvalue weighted by molar-refractivity contribution is 7.89. The summed E-state index contributed by atoms with van der Waals surface area (Å²) in [4.78, 5) is 0.0936. The number of nitrogens with one attached hydrogen (secondary N) is 1. The maximum atomic E-state index is 12.1. The van der Waals surface area contributed by atoms with Crippen molar-refractivity contribution < 1.29 is 13.2 Å². The summed E-state index contributed by atoms with van der Waals surface area (Å²) in [5.41, 5.74) is 0.317. The predicted molar refractivity (Wildman–Crippen MR) is 67.4 cm³/mol. The highest BCUT2D eigenvalue weighted by atomic mass is 32.2. The van der Waals surface area contributed by atoms with Crippen molar-refractivity contribution in [3.05, 3.63) is 29.8 Å². The van der Waals surface area contributed by atoms with Gasteiger partial charge in [-0.2, -0.15) is 5.26 Å². The van der Waals surface area contributed by atoms with E-state index in [0.717, 1.165) is 0 Å². The minimum atomic E-state index is -3.61. The molecule has 0 aliphatic heterocycles. The first kappa shape index (κ1) is 14.6. The number of nitriles is 1. The Kier molecular flexibility index (Phi) is 5.28. The van der Waals surface area contributed by atoms with Gasteiger partial charge in [-0.3, -0.25) is 0 Å². The van der Waals surface area contributed by atoms with Gasteiger partial charge < -0.3 is 4.74 Å². The van der Waals surface area contributed by atoms with Crippen LogP contribution in [0.2, 0.25) is 0 Å². The van der Waals surface area contributed by atoms with Crippen LogP contribution in [0.25, 0.3) is 0 Å². The van der Waals surface area contributed by atoms with Crippen LogP contribution in [-0.2, 0) is 14.8 Å². The zero-order valence-corrected chi connectivity index (χ0v) is 11.2. The molecule has 0 saturated carbocycles. The fourth-order valence-corrected chi connectivity index (χ4v) is 2.81. The van der Waals surface area contributed by atoms with E-state index in [1.54, 1.807) is 12.1 Å². The van der Waals surface area contributed by atoms with E-state index in [1.165, 1.54) is 19.2 Å². The average molecular weight is 268 g/mol. The number of rotatable bonds is 6. The van der Waals surface area contributed by atoms with Crippen molar-refractivity contribution in [3.63, 3.8) is 0 Å². The second-order valence-corrected chi connectivity index (χ2v) is 5.54. The summed E-state index contributed by atoms with van der Waals surface area (Å²) in [6.45, 7) is 2.19. The third-order valence-electron chi connectivity index (χ3n) is 2.46. The molecule has 1 atom stereocenters. The molecule has 0 heterocycles. The largest absolute Gasteiger partial charge is 0.383 e. The van der Waals surface area contributed by atoms with E-state index in [4.69, 9.17) is 10.00 Å². The van der Waals surface area contributed by atoms with Crippen LogP contribution in [-0.4, -0.2) is 28.2 Å². The lowest BCUT2D eigenvalue weighted by Gasteiger charge is -2.16. The average Bonchev–Trinajstić information content (AvgIpc) is 2.38. The Bertz CT molecular complexity index is 534. The monoisotopic (exact) mass is 268 g/mol. The molecule has 1 unspecified atom stereocenters. The molecule has 5 nitrogen and oxygen atoms in total. The van der Waals surface area contributed by atoms with Gasteiger partial charge in [0.2, 0.25) is 10.0 Å². The molecule has 0 amide bonds. The quantitative estimate of drug-likeness (QED) is 0.842. The molecule has 18 heavy (non-hydrogen) atoms. The van der Waals surface area contributed by atoms with Crippen LogP contribution in [0.3, 0.4) is 0 Å². The molecular formula is C12H16N2O3S. The van der Waals surface area contributed by atoms with E-state index in [0.29, 0.717) is 18.6 Å². The molecule has 0 fully saturated rings. The third-order valence-corrected chi connectivity index (χ3v) is 3.97. The van der Waals surface area contributed by atoms with Crippen LogP contribution < -0.4 is 4.72 Å². The Morgan fingerprint density at radius 3 is 2.78 bits per heavy atom. The second kappa shape index (κ2) is 6.50. The van der Waals surface area contributed by atoms with Crippen molar-refractivity contribution in [2.45, 2.75) is 24.3 Å². The molecule has 0 aromatic heterocycles. The Balaban J connectivity index is 2.95. The summed E-state index contributed by atoms with van der Waals surface area (Å²) >= 11 is 0. The van der Waals surface area contributed by atoms with E-state index in [9.17, 15) is 8.42 Å². The summed E-state index contributed by atoms with van der Waals surface area (Å²) < 4.78 is 31.6. The van der Waals surface area contributed by atoms with Crippen LogP contribution in [0.1, 0.15) is 18.9 Å². The second-order valence-electron chi connectivity index (χ2n) is 3.82. The van der Waals surface area contributed by atoms with Gasteiger partial charge in [0, 0.05) is 13.2 Å². The molecule has 1 rings (SSSR count). The predicted octanol–water partition coefficient (Wildman–Crippen LogP) is 1.26. The Labute approximate surface area is 107 Å². The van der Waals surface area contributed by atoms with Crippen molar-refractivity contribution in [3.8, 4) is 6.07 Å². The molecule has 0 aliphatic rings. The molecular weight excluding hydrogens is 252 g/mol. The zero-order valence-electron chi connectivity index (χ0n) is 10.4. The highest BCUT2D eigenvalue weighted by Crippen LogP contribution is 2.12. The first-order chi connectivity index (χ1) is 8.53. The Morgan fingerprint density at radius 1 is 1.50 bits per heavy atom. The van der Waals surface area contributed by atoms with Gasteiger partial charge in [0.15, 0.2) is 0 Å². The first-order valence-electron chi connectivity index (χ1n) is 5.55. The van der Waals surface area contributed by atoms with Gasteiger partial charge in [0.25, 0.3) is 0 Å². The number of benzene rings is 1. The van der Waals surface area contributed by atoms with Crippen LogP contribution >= 0.6 is 0 Å². The lowest BCUT2D eigenvalue weighted by molar-refractivity contribution is 0.173. The summed E-state index contributed by atoms with van der Waals surface area (Å²) in [5, 5.41) is 8.75. The van der Waals surface area contributed by atoms with Crippen LogP contribution in [0.5, 0.6) is 0 Å². The van der Waals surface area contributed by atoms with Crippen LogP contribution in [0.15, 0.2) is 29.2 Å². The van der Waals surface area contributed by atoms with Crippen LogP contribution in [0, 0.1) is 11.3 Å². The summed E-state index contributed by atoms with van der Waals surface area (Å²) in [6, 6.07) is 7.56. The Morgan fingerprint density at radius 2 is 2.22 bits per heavy atom. The summed E-state index contributed by atoms with van der Waals surface area (Å²) in [7, 11) is -2.09. The minimum absolute atomic E-state index is 0.0936. The number of ether oxygens (including phenoxy) is 1. The Hall–Kier alpha value is -1.42. The van der Waals surface area contributed by atoms with Gasteiger partial charge in [-0.25, -0.2) is 13.1 Å². The van der Waals surface area contributed by atoms with Gasteiger partial charge in [0.1, 0.15) is 0 Å². The van der Waals surface area contributed by atoms with Gasteiger partial charge >= 0.3 is 0 Å². The molecule has 0 bridgehead atoms. The molecule has 0 aliphatic carbocycles. The molecule has 0 spiro atoms. The SMILES string of the molecule is CCC(COC)NS(=O)(=O)c1cccc(C#N)c1. The van der Waals surface area contributed by atoms with E-state index < -0.39 is 10.0 Å². The lowest BCUT2D eigenvalue weighted by Crippen LogP contribution is -2.37. The fraction of sp³-hybridized carbons (Fsp3) is 0.417. The van der Waals surface area contributed by atoms with E-state index in [-0.39, 0.29) is 10.9 Å². The molecule has 1 N–H and O–H groups in total. The third kappa shape index (κ3) is 3.81. The minimum Gasteiger partial charge on any atom is -0.383 e. The standard InChI is InChI=1S/C12H16N2O3S/c1-3-11(9-17-2)14-18(15,16)12-6-4-5-10(7-12)8-13/h4-7,11,14H,3,9H2,1-2H3. The summed E-state index contributed by atoms with van der Waals surface area (Å²) in [6.07, 6.45) is 0.630. The van der Waals surface area contributed by atoms with Gasteiger partial charge in [-0.05, 0) is 24.6 Å². The number of sulfonamides is 1. The zero-order chi connectivity index (χ0) is 13.6. The lowest BCUT2D eigenvalue weighted by atomic mass is 10.2. The van der Waals surface area contributed by atoms with Crippen molar-refractivity contribution in [2.24, 2.45) is 0 Å². The van der Waals surface area contributed by atoms with Crippen LogP contribution in [0.4, 0.5) is 0 Å². The first-order valence-corrected chi connectivity index (χ1v) is 7.03. The molecule has 98 valence electrons. The van der Waals surface area contributed by atoms with Crippen molar-refractivity contribution in [2.75, 3.05) is 13.7 Å². The number of hydrogen-bond donors (Lipinski definition) is 1. The molecule has 1 aromatic carbocycles. The number of hydrogen-bond acceptors (Lipinski definition) is 4. The maximum absolute atomic E-state index is 12.1. The van der Waals surface area contributed by atoms with Crippen molar-refractivity contribution >= 4 is 10.0 Å². The van der Waals surface area contributed by atoms with E-state index in [2.05, 4.69) is 4.72 Å². The molecule has 0 saturated heterocycles. The number of methoxy groups -OCH3 is 1. The smallest absolute Gasteiger partial charge is 0.240 e. The van der Waals surface area contributed by atoms with Gasteiger partial charge in [0.05, 0.1) is 23.1 Å². The highest BCUT2D eigenvalue weighted by Gasteiger charge is 2.19.